The molecule has 0 saturated heterocycles. The van der Waals surface area contributed by atoms with E-state index in [0.29, 0.717) is 29.1 Å². The number of aryl methyl sites for hydroxylation is 1. The highest BCUT2D eigenvalue weighted by Crippen LogP contribution is 2.35. The van der Waals surface area contributed by atoms with E-state index in [0.717, 1.165) is 23.3 Å². The third-order valence-electron chi connectivity index (χ3n) is 3.52. The van der Waals surface area contributed by atoms with Gasteiger partial charge in [0.25, 0.3) is 0 Å². The zero-order chi connectivity index (χ0) is 15.5. The van der Waals surface area contributed by atoms with Crippen LogP contribution < -0.4 is 10.1 Å². The number of nitrogens with zero attached hydrogens (tertiary/aromatic N) is 1. The lowest BCUT2D eigenvalue weighted by atomic mass is 10.1. The predicted octanol–water partition coefficient (Wildman–Crippen LogP) is 3.67. The van der Waals surface area contributed by atoms with Gasteiger partial charge in [0.05, 0.1) is 10.4 Å². The lowest BCUT2D eigenvalue weighted by molar-refractivity contribution is -0.122. The summed E-state index contributed by atoms with van der Waals surface area (Å²) < 4.78 is 5.38. The minimum Gasteiger partial charge on any atom is -0.476 e. The molecule has 0 spiro atoms. The van der Waals surface area contributed by atoms with Crippen LogP contribution in [0.1, 0.15) is 22.8 Å². The molecule has 1 aromatic heterocycles. The number of rotatable bonds is 5. The minimum atomic E-state index is -0.235. The van der Waals surface area contributed by atoms with E-state index in [1.165, 1.54) is 11.3 Å². The van der Waals surface area contributed by atoms with Crippen LogP contribution in [0.25, 0.3) is 0 Å². The lowest BCUT2D eigenvalue weighted by Crippen LogP contribution is -2.30. The van der Waals surface area contributed by atoms with Crippen molar-refractivity contribution in [2.45, 2.75) is 18.8 Å². The van der Waals surface area contributed by atoms with Crippen molar-refractivity contribution in [1.82, 2.24) is 10.3 Å². The molecule has 3 rings (SSSR count). The van der Waals surface area contributed by atoms with Crippen molar-refractivity contribution >= 4 is 40.4 Å². The van der Waals surface area contributed by atoms with Crippen LogP contribution in [-0.4, -0.2) is 24.0 Å². The zero-order valence-electron chi connectivity index (χ0n) is 11.6. The van der Waals surface area contributed by atoms with Gasteiger partial charge in [0, 0.05) is 16.6 Å². The molecule has 0 bridgehead atoms. The second-order valence-corrected chi connectivity index (χ2v) is 6.75. The number of ether oxygens (including phenoxy) is 1. The molecule has 1 N–H and O–H groups in total. The van der Waals surface area contributed by atoms with Gasteiger partial charge in [0.15, 0.2) is 0 Å². The second kappa shape index (κ2) is 6.86. The number of fused-ring (bicyclic) bond motifs is 1. The smallest absolute Gasteiger partial charge is 0.232 e. The maximum atomic E-state index is 12.2. The van der Waals surface area contributed by atoms with Crippen molar-refractivity contribution in [2.24, 2.45) is 0 Å². The van der Waals surface area contributed by atoms with Crippen molar-refractivity contribution in [3.05, 3.63) is 44.2 Å². The molecule has 1 aliphatic rings. The third kappa shape index (κ3) is 3.37. The summed E-state index contributed by atoms with van der Waals surface area (Å²) in [5, 5.41) is 4.24. The molecule has 1 unspecified atom stereocenters. The molecule has 2 aromatic rings. The quantitative estimate of drug-likeness (QED) is 0.831. The van der Waals surface area contributed by atoms with Gasteiger partial charge in [0.2, 0.25) is 11.8 Å². The molecule has 0 radical (unpaired) electrons. The van der Waals surface area contributed by atoms with Crippen molar-refractivity contribution in [3.8, 4) is 5.88 Å². The van der Waals surface area contributed by atoms with Gasteiger partial charge in [-0.2, -0.15) is 0 Å². The Labute approximate surface area is 142 Å². The Kier molecular flexibility index (Phi) is 4.86. The van der Waals surface area contributed by atoms with E-state index in [9.17, 15) is 4.79 Å². The molecule has 1 amide bonds. The summed E-state index contributed by atoms with van der Waals surface area (Å²) in [6, 6.07) is 5.47. The third-order valence-corrected chi connectivity index (χ3v) is 5.03. The molecule has 1 aromatic carbocycles. The maximum Gasteiger partial charge on any atom is 0.232 e. The average molecular weight is 357 g/mol. The van der Waals surface area contributed by atoms with Crippen molar-refractivity contribution < 1.29 is 9.53 Å². The fourth-order valence-electron chi connectivity index (χ4n) is 2.36. The van der Waals surface area contributed by atoms with Gasteiger partial charge in [-0.15, -0.1) is 11.3 Å². The minimum absolute atomic E-state index is 0.00907. The van der Waals surface area contributed by atoms with E-state index in [-0.39, 0.29) is 11.8 Å². The van der Waals surface area contributed by atoms with Gasteiger partial charge in [-0.25, -0.2) is 4.98 Å². The first-order valence-electron chi connectivity index (χ1n) is 6.93. The standard InChI is InChI=1S/C15H14Cl2N2O2S/c16-10-4-3-9(12(17)6-10)2-1-5-18-14(20)11-7-21-15-13(11)22-8-19-15/h3-4,6,8,11H,1-2,5,7H2,(H,18,20). The molecule has 22 heavy (non-hydrogen) atoms. The number of carbonyl (C=O) groups is 1. The number of halogens is 2. The molecule has 7 heteroatoms. The van der Waals surface area contributed by atoms with Crippen molar-refractivity contribution in [1.29, 1.82) is 0 Å². The average Bonchev–Trinajstić information content (AvgIpc) is 3.07. The summed E-state index contributed by atoms with van der Waals surface area (Å²) in [4.78, 5) is 17.2. The van der Waals surface area contributed by atoms with E-state index < -0.39 is 0 Å². The summed E-state index contributed by atoms with van der Waals surface area (Å²) >= 11 is 13.5. The molecule has 116 valence electrons. The summed E-state index contributed by atoms with van der Waals surface area (Å²) in [5.41, 5.74) is 2.74. The van der Waals surface area contributed by atoms with Crippen LogP contribution in [0, 0.1) is 0 Å². The fraction of sp³-hybridized carbons (Fsp3) is 0.333. The Hall–Kier alpha value is -1.30. The molecular weight excluding hydrogens is 343 g/mol. The predicted molar refractivity (Wildman–Crippen MR) is 88.1 cm³/mol. The first kappa shape index (κ1) is 15.6. The monoisotopic (exact) mass is 356 g/mol. The van der Waals surface area contributed by atoms with Crippen LogP contribution in [0.15, 0.2) is 23.7 Å². The number of hydrogen-bond acceptors (Lipinski definition) is 4. The van der Waals surface area contributed by atoms with Crippen LogP contribution in [0.4, 0.5) is 0 Å². The fourth-order valence-corrected chi connectivity index (χ4v) is 3.67. The summed E-state index contributed by atoms with van der Waals surface area (Å²) in [7, 11) is 0. The van der Waals surface area contributed by atoms with E-state index in [4.69, 9.17) is 27.9 Å². The van der Waals surface area contributed by atoms with Crippen LogP contribution in [0.2, 0.25) is 10.0 Å². The molecule has 4 nitrogen and oxygen atoms in total. The Morgan fingerprint density at radius 3 is 3.14 bits per heavy atom. The number of hydrogen-bond donors (Lipinski definition) is 1. The zero-order valence-corrected chi connectivity index (χ0v) is 14.0. The Balaban J connectivity index is 1.47. The highest BCUT2D eigenvalue weighted by molar-refractivity contribution is 7.10. The molecule has 0 fully saturated rings. The molecule has 1 atom stereocenters. The normalized spacial score (nSPS) is 16.2. The number of thiazole rings is 1. The topological polar surface area (TPSA) is 51.2 Å². The SMILES string of the molecule is O=C(NCCCc1ccc(Cl)cc1Cl)C1COc2ncsc21. The number of benzene rings is 1. The first-order chi connectivity index (χ1) is 10.6. The summed E-state index contributed by atoms with van der Waals surface area (Å²) in [5.74, 6) is 0.352. The number of amides is 1. The molecule has 0 saturated carbocycles. The van der Waals surface area contributed by atoms with Crippen LogP contribution >= 0.6 is 34.5 Å². The Morgan fingerprint density at radius 1 is 1.45 bits per heavy atom. The van der Waals surface area contributed by atoms with Crippen LogP contribution in [-0.2, 0) is 11.2 Å². The molecule has 0 aliphatic carbocycles. The second-order valence-electron chi connectivity index (χ2n) is 5.02. The number of carbonyl (C=O) groups excluding carboxylic acids is 1. The van der Waals surface area contributed by atoms with Gasteiger partial charge >= 0.3 is 0 Å². The highest BCUT2D eigenvalue weighted by Gasteiger charge is 2.32. The van der Waals surface area contributed by atoms with Gasteiger partial charge < -0.3 is 10.1 Å². The molecular formula is C15H14Cl2N2O2S. The van der Waals surface area contributed by atoms with Gasteiger partial charge in [-0.1, -0.05) is 29.3 Å². The van der Waals surface area contributed by atoms with Crippen LogP contribution in [0.3, 0.4) is 0 Å². The van der Waals surface area contributed by atoms with Crippen molar-refractivity contribution in [3.63, 3.8) is 0 Å². The van der Waals surface area contributed by atoms with E-state index in [1.807, 2.05) is 12.1 Å². The molecule has 2 heterocycles. The van der Waals surface area contributed by atoms with E-state index in [1.54, 1.807) is 11.6 Å². The Morgan fingerprint density at radius 2 is 2.32 bits per heavy atom. The number of nitrogens with one attached hydrogen (secondary N) is 1. The largest absolute Gasteiger partial charge is 0.476 e. The number of aromatic nitrogens is 1. The van der Waals surface area contributed by atoms with E-state index >= 15 is 0 Å². The highest BCUT2D eigenvalue weighted by atomic mass is 35.5. The van der Waals surface area contributed by atoms with Gasteiger partial charge in [-0.3, -0.25) is 4.79 Å². The summed E-state index contributed by atoms with van der Waals surface area (Å²) in [6.07, 6.45) is 1.61. The van der Waals surface area contributed by atoms with Gasteiger partial charge in [0.1, 0.15) is 12.5 Å². The first-order valence-corrected chi connectivity index (χ1v) is 8.56. The maximum absolute atomic E-state index is 12.2. The lowest BCUT2D eigenvalue weighted by Gasteiger charge is -2.10. The van der Waals surface area contributed by atoms with Crippen LogP contribution in [0.5, 0.6) is 5.88 Å². The van der Waals surface area contributed by atoms with Gasteiger partial charge in [-0.05, 0) is 30.5 Å². The molecule has 1 aliphatic heterocycles. The van der Waals surface area contributed by atoms with Crippen molar-refractivity contribution in [2.75, 3.05) is 13.2 Å². The van der Waals surface area contributed by atoms with E-state index in [2.05, 4.69) is 10.3 Å². The summed E-state index contributed by atoms with van der Waals surface area (Å²) in [6.45, 7) is 0.978. The Bertz CT molecular complexity index is 690.